The van der Waals surface area contributed by atoms with E-state index < -0.39 is 0 Å². The van der Waals surface area contributed by atoms with Crippen LogP contribution >= 0.6 is 11.3 Å². The Hall–Kier alpha value is -1.72. The van der Waals surface area contributed by atoms with E-state index in [0.29, 0.717) is 0 Å². The first-order valence-corrected chi connectivity index (χ1v) is 10.9. The summed E-state index contributed by atoms with van der Waals surface area (Å²) in [5.41, 5.74) is 3.24. The molecule has 3 nitrogen and oxygen atoms in total. The van der Waals surface area contributed by atoms with Gasteiger partial charge in [-0.05, 0) is 63.2 Å². The first-order chi connectivity index (χ1) is 13.1. The van der Waals surface area contributed by atoms with Crippen molar-refractivity contribution in [3.05, 3.63) is 51.7 Å². The first-order valence-electron chi connectivity index (χ1n) is 10.1. The standard InChI is InChI=1S/C22H27FN2OS/c1-15(26)24-22-20(17-10-4-6-12-19(17)27-22)21(25-13-7-2-8-14-25)16-9-3-5-11-18(16)23/h3,5,9,11,21H,2,4,6-8,10,12-14H2,1H3,(H,24,26). The summed E-state index contributed by atoms with van der Waals surface area (Å²) in [5, 5.41) is 3.99. The number of aryl methyl sites for hydroxylation is 1. The molecule has 1 aromatic heterocycles. The van der Waals surface area contributed by atoms with Crippen molar-refractivity contribution in [1.82, 2.24) is 4.90 Å². The van der Waals surface area contributed by atoms with Crippen LogP contribution < -0.4 is 5.32 Å². The van der Waals surface area contributed by atoms with E-state index in [1.807, 2.05) is 12.1 Å². The Morgan fingerprint density at radius 3 is 2.59 bits per heavy atom. The average molecular weight is 387 g/mol. The van der Waals surface area contributed by atoms with E-state index in [1.165, 1.54) is 29.7 Å². The Morgan fingerprint density at radius 2 is 1.85 bits per heavy atom. The van der Waals surface area contributed by atoms with Crippen LogP contribution in [0.3, 0.4) is 0 Å². The molecule has 1 amide bonds. The van der Waals surface area contributed by atoms with Gasteiger partial charge in [-0.1, -0.05) is 24.6 Å². The van der Waals surface area contributed by atoms with Crippen LogP contribution in [-0.4, -0.2) is 23.9 Å². The smallest absolute Gasteiger partial charge is 0.221 e. The van der Waals surface area contributed by atoms with Gasteiger partial charge in [0, 0.05) is 22.9 Å². The molecule has 1 N–H and O–H groups in total. The minimum absolute atomic E-state index is 0.0548. The van der Waals surface area contributed by atoms with E-state index in [0.717, 1.165) is 54.9 Å². The molecule has 0 saturated carbocycles. The van der Waals surface area contributed by atoms with Crippen LogP contribution in [0.25, 0.3) is 0 Å². The second-order valence-corrected chi connectivity index (χ2v) is 8.76. The number of carbonyl (C=O) groups excluding carboxylic acids is 1. The molecule has 1 atom stereocenters. The molecule has 4 rings (SSSR count). The average Bonchev–Trinajstić information content (AvgIpc) is 3.02. The first kappa shape index (κ1) is 18.6. The Kier molecular flexibility index (Phi) is 5.60. The third-order valence-corrected chi connectivity index (χ3v) is 6.95. The summed E-state index contributed by atoms with van der Waals surface area (Å²) in [7, 11) is 0. The van der Waals surface area contributed by atoms with Gasteiger partial charge in [0.1, 0.15) is 10.8 Å². The zero-order valence-electron chi connectivity index (χ0n) is 15.9. The molecule has 0 bridgehead atoms. The van der Waals surface area contributed by atoms with Crippen LogP contribution in [0.15, 0.2) is 24.3 Å². The summed E-state index contributed by atoms with van der Waals surface area (Å²) in [6.45, 7) is 3.51. The largest absolute Gasteiger partial charge is 0.318 e. The third-order valence-electron chi connectivity index (χ3n) is 5.73. The van der Waals surface area contributed by atoms with E-state index >= 15 is 0 Å². The fourth-order valence-electron chi connectivity index (χ4n) is 4.54. The molecule has 2 aliphatic rings. The molecule has 5 heteroatoms. The summed E-state index contributed by atoms with van der Waals surface area (Å²) in [5.74, 6) is -0.210. The maximum absolute atomic E-state index is 14.9. The summed E-state index contributed by atoms with van der Waals surface area (Å²) in [6.07, 6.45) is 7.98. The predicted octanol–water partition coefficient (Wildman–Crippen LogP) is 5.30. The number of halogens is 1. The molecule has 1 aliphatic heterocycles. The zero-order valence-corrected chi connectivity index (χ0v) is 16.7. The van der Waals surface area contributed by atoms with Gasteiger partial charge in [0.2, 0.25) is 5.91 Å². The van der Waals surface area contributed by atoms with E-state index in [2.05, 4.69) is 10.2 Å². The van der Waals surface area contributed by atoms with Crippen molar-refractivity contribution >= 4 is 22.2 Å². The predicted molar refractivity (Wildman–Crippen MR) is 109 cm³/mol. The molecule has 27 heavy (non-hydrogen) atoms. The molecule has 1 saturated heterocycles. The molecule has 2 heterocycles. The van der Waals surface area contributed by atoms with Gasteiger partial charge >= 0.3 is 0 Å². The van der Waals surface area contributed by atoms with E-state index in [4.69, 9.17) is 0 Å². The number of benzene rings is 1. The molecular formula is C22H27FN2OS. The number of nitrogens with one attached hydrogen (secondary N) is 1. The van der Waals surface area contributed by atoms with Gasteiger partial charge in [0.05, 0.1) is 6.04 Å². The molecule has 1 unspecified atom stereocenters. The van der Waals surface area contributed by atoms with Crippen LogP contribution in [0.4, 0.5) is 9.39 Å². The molecule has 1 aliphatic carbocycles. The van der Waals surface area contributed by atoms with Crippen LogP contribution in [0, 0.1) is 5.82 Å². The highest BCUT2D eigenvalue weighted by molar-refractivity contribution is 7.16. The number of thiophene rings is 1. The zero-order chi connectivity index (χ0) is 18.8. The SMILES string of the molecule is CC(=O)Nc1sc2c(c1C(c1ccccc1F)N1CCCCC1)CCCC2. The molecule has 1 fully saturated rings. The van der Waals surface area contributed by atoms with Crippen molar-refractivity contribution in [3.8, 4) is 0 Å². The molecular weight excluding hydrogens is 359 g/mol. The van der Waals surface area contributed by atoms with Gasteiger partial charge in [-0.2, -0.15) is 0 Å². The normalized spacial score (nSPS) is 18.7. The van der Waals surface area contributed by atoms with Gasteiger partial charge in [0.15, 0.2) is 0 Å². The summed E-state index contributed by atoms with van der Waals surface area (Å²) < 4.78 is 14.9. The van der Waals surface area contributed by atoms with Crippen molar-refractivity contribution in [1.29, 1.82) is 0 Å². The second-order valence-electron chi connectivity index (χ2n) is 7.66. The molecule has 144 valence electrons. The lowest BCUT2D eigenvalue weighted by atomic mass is 9.88. The summed E-state index contributed by atoms with van der Waals surface area (Å²) >= 11 is 1.70. The number of likely N-dealkylation sites (tertiary alicyclic amines) is 1. The van der Waals surface area contributed by atoms with Crippen molar-refractivity contribution in [3.63, 3.8) is 0 Å². The maximum Gasteiger partial charge on any atom is 0.221 e. The number of hydrogen-bond donors (Lipinski definition) is 1. The Bertz CT molecular complexity index is 826. The number of rotatable bonds is 4. The van der Waals surface area contributed by atoms with Gasteiger partial charge < -0.3 is 5.32 Å². The minimum Gasteiger partial charge on any atom is -0.318 e. The summed E-state index contributed by atoms with van der Waals surface area (Å²) in [6, 6.07) is 7.03. The molecule has 0 radical (unpaired) electrons. The van der Waals surface area contributed by atoms with Crippen molar-refractivity contribution < 1.29 is 9.18 Å². The number of piperidine rings is 1. The number of carbonyl (C=O) groups is 1. The van der Waals surface area contributed by atoms with E-state index in [-0.39, 0.29) is 17.8 Å². The minimum atomic E-state index is -0.155. The molecule has 0 spiro atoms. The van der Waals surface area contributed by atoms with E-state index in [9.17, 15) is 9.18 Å². The Balaban J connectivity index is 1.87. The quantitative estimate of drug-likeness (QED) is 0.773. The van der Waals surface area contributed by atoms with Crippen LogP contribution in [0.2, 0.25) is 0 Å². The lowest BCUT2D eigenvalue weighted by Gasteiger charge is -2.36. The fourth-order valence-corrected chi connectivity index (χ4v) is 5.91. The monoisotopic (exact) mass is 386 g/mol. The Morgan fingerprint density at radius 1 is 1.11 bits per heavy atom. The van der Waals surface area contributed by atoms with Crippen LogP contribution in [-0.2, 0) is 17.6 Å². The van der Waals surface area contributed by atoms with Gasteiger partial charge in [-0.25, -0.2) is 4.39 Å². The number of nitrogens with zero attached hydrogens (tertiary/aromatic N) is 1. The highest BCUT2D eigenvalue weighted by Gasteiger charge is 2.33. The number of fused-ring (bicyclic) bond motifs is 1. The topological polar surface area (TPSA) is 32.3 Å². The Labute approximate surface area is 164 Å². The third kappa shape index (κ3) is 3.81. The second kappa shape index (κ2) is 8.11. The number of anilines is 1. The van der Waals surface area contributed by atoms with Crippen molar-refractivity contribution in [2.75, 3.05) is 18.4 Å². The highest BCUT2D eigenvalue weighted by atomic mass is 32.1. The number of hydrogen-bond acceptors (Lipinski definition) is 3. The van der Waals surface area contributed by atoms with Gasteiger partial charge in [-0.15, -0.1) is 11.3 Å². The van der Waals surface area contributed by atoms with Gasteiger partial charge in [-0.3, -0.25) is 9.69 Å². The summed E-state index contributed by atoms with van der Waals surface area (Å²) in [4.78, 5) is 15.7. The molecule has 2 aromatic rings. The highest BCUT2D eigenvalue weighted by Crippen LogP contribution is 2.46. The van der Waals surface area contributed by atoms with Crippen LogP contribution in [0.1, 0.15) is 66.6 Å². The van der Waals surface area contributed by atoms with Crippen LogP contribution in [0.5, 0.6) is 0 Å². The van der Waals surface area contributed by atoms with E-state index in [1.54, 1.807) is 30.4 Å². The lowest BCUT2D eigenvalue weighted by molar-refractivity contribution is -0.114. The molecule has 1 aromatic carbocycles. The van der Waals surface area contributed by atoms with Gasteiger partial charge in [0.25, 0.3) is 0 Å². The fraction of sp³-hybridized carbons (Fsp3) is 0.500. The number of amides is 1. The maximum atomic E-state index is 14.9. The lowest BCUT2D eigenvalue weighted by Crippen LogP contribution is -2.35. The van der Waals surface area contributed by atoms with Crippen molar-refractivity contribution in [2.24, 2.45) is 0 Å². The van der Waals surface area contributed by atoms with Crippen molar-refractivity contribution in [2.45, 2.75) is 57.9 Å².